The first-order valence-electron chi connectivity index (χ1n) is 6.42. The van der Waals surface area contributed by atoms with Crippen LogP contribution in [0.1, 0.15) is 12.5 Å². The summed E-state index contributed by atoms with van der Waals surface area (Å²) in [5.41, 5.74) is 1.01. The largest absolute Gasteiger partial charge is 0.480 e. The second-order valence-corrected chi connectivity index (χ2v) is 7.20. The first-order chi connectivity index (χ1) is 9.91. The molecule has 6 nitrogen and oxygen atoms in total. The molecule has 0 unspecified atom stereocenters. The third-order valence-corrected chi connectivity index (χ3v) is 4.34. The summed E-state index contributed by atoms with van der Waals surface area (Å²) in [6.07, 6.45) is -1.39. The minimum atomic E-state index is -1.21. The van der Waals surface area contributed by atoms with Crippen molar-refractivity contribution in [3.05, 3.63) is 35.9 Å². The highest BCUT2D eigenvalue weighted by molar-refractivity contribution is 14.1. The number of hydrogen-bond acceptors (Lipinski definition) is 4. The Labute approximate surface area is 136 Å². The van der Waals surface area contributed by atoms with Crippen molar-refractivity contribution < 1.29 is 24.2 Å². The van der Waals surface area contributed by atoms with Crippen molar-refractivity contribution >= 4 is 34.7 Å². The van der Waals surface area contributed by atoms with Crippen LogP contribution in [0.2, 0.25) is 0 Å². The van der Waals surface area contributed by atoms with Crippen molar-refractivity contribution in [2.45, 2.75) is 29.1 Å². The van der Waals surface area contributed by atoms with Gasteiger partial charge in [0.2, 0.25) is 0 Å². The topological polar surface area (TPSA) is 84.9 Å². The lowest BCUT2D eigenvalue weighted by Crippen LogP contribution is -2.50. The Morgan fingerprint density at radius 1 is 1.48 bits per heavy atom. The van der Waals surface area contributed by atoms with Crippen molar-refractivity contribution in [2.75, 3.05) is 6.61 Å². The number of ether oxygens (including phenoxy) is 2. The quantitative estimate of drug-likeness (QED) is 0.559. The summed E-state index contributed by atoms with van der Waals surface area (Å²) < 4.78 is 9.44. The van der Waals surface area contributed by atoms with E-state index in [0.717, 1.165) is 5.56 Å². The molecule has 2 N–H and O–H groups in total. The number of alkyl carbamates (subject to hydrolysis) is 1. The maximum absolute atomic E-state index is 11.4. The van der Waals surface area contributed by atoms with Crippen LogP contribution in [0.5, 0.6) is 0 Å². The average Bonchev–Trinajstić information content (AvgIpc) is 2.81. The van der Waals surface area contributed by atoms with Gasteiger partial charge in [-0.15, -0.1) is 0 Å². The minimum Gasteiger partial charge on any atom is -0.480 e. The highest BCUT2D eigenvalue weighted by atomic mass is 127. The van der Waals surface area contributed by atoms with Crippen molar-refractivity contribution in [3.63, 3.8) is 0 Å². The van der Waals surface area contributed by atoms with Crippen LogP contribution >= 0.6 is 22.6 Å². The van der Waals surface area contributed by atoms with Crippen LogP contribution in [0, 0.1) is 0 Å². The number of halogens is 1. The highest BCUT2D eigenvalue weighted by Crippen LogP contribution is 2.31. The maximum atomic E-state index is 11.4. The number of carboxylic acid groups (broad SMARTS) is 1. The maximum Gasteiger partial charge on any atom is 0.407 e. The van der Waals surface area contributed by atoms with Crippen LogP contribution in [0.25, 0.3) is 0 Å². The molecule has 2 rings (SSSR count). The first-order valence-corrected chi connectivity index (χ1v) is 7.50. The number of carboxylic acids is 1. The molecule has 1 amide bonds. The van der Waals surface area contributed by atoms with Gasteiger partial charge < -0.3 is 19.9 Å². The molecule has 3 atom stereocenters. The van der Waals surface area contributed by atoms with E-state index in [-0.39, 0.29) is 6.61 Å². The molecular formula is C14H16INO5. The number of hydrogen-bond donors (Lipinski definition) is 2. The molecule has 1 heterocycles. The van der Waals surface area contributed by atoms with Gasteiger partial charge in [-0.25, -0.2) is 4.79 Å². The minimum absolute atomic E-state index is 0.192. The molecule has 0 spiro atoms. The molecule has 1 aromatic rings. The van der Waals surface area contributed by atoms with E-state index in [0.29, 0.717) is 6.61 Å². The predicted molar refractivity (Wildman–Crippen MR) is 83.4 cm³/mol. The molecule has 1 aliphatic heterocycles. The van der Waals surface area contributed by atoms with E-state index in [9.17, 15) is 14.7 Å². The summed E-state index contributed by atoms with van der Waals surface area (Å²) in [6.45, 7) is 2.10. The Kier molecular flexibility index (Phi) is 5.04. The standard InChI is InChI=1S/C14H16INO5/c1-14(15,12(17)18)11-10(16-13(19)21-11)8-20-7-9-5-3-2-4-6-9/h2-6,10-11H,7-8H2,1H3,(H,16,19)(H,17,18)/t10-,11+,14+/m1/s1. The number of nitrogens with one attached hydrogen (secondary N) is 1. The van der Waals surface area contributed by atoms with E-state index in [1.165, 1.54) is 6.92 Å². The van der Waals surface area contributed by atoms with Crippen LogP contribution in [0.4, 0.5) is 4.79 Å². The summed E-state index contributed by atoms with van der Waals surface area (Å²) in [7, 11) is 0. The zero-order chi connectivity index (χ0) is 15.5. The van der Waals surface area contributed by atoms with Crippen LogP contribution in [0.15, 0.2) is 30.3 Å². The van der Waals surface area contributed by atoms with Gasteiger partial charge in [0, 0.05) is 0 Å². The normalized spacial score (nSPS) is 24.0. The molecule has 1 aliphatic rings. The number of carbonyl (C=O) groups excluding carboxylic acids is 1. The van der Waals surface area contributed by atoms with E-state index in [1.807, 2.05) is 30.3 Å². The monoisotopic (exact) mass is 405 g/mol. The molecule has 0 aliphatic carbocycles. The lowest BCUT2D eigenvalue weighted by molar-refractivity contribution is -0.141. The number of benzene rings is 1. The Morgan fingerprint density at radius 3 is 2.76 bits per heavy atom. The second-order valence-electron chi connectivity index (χ2n) is 4.96. The van der Waals surface area contributed by atoms with E-state index in [4.69, 9.17) is 9.47 Å². The van der Waals surface area contributed by atoms with Gasteiger partial charge in [-0.2, -0.15) is 0 Å². The van der Waals surface area contributed by atoms with Gasteiger partial charge >= 0.3 is 12.1 Å². The lowest BCUT2D eigenvalue weighted by Gasteiger charge is -2.27. The Morgan fingerprint density at radius 2 is 2.14 bits per heavy atom. The first kappa shape index (κ1) is 16.0. The van der Waals surface area contributed by atoms with Gasteiger partial charge in [0.25, 0.3) is 0 Å². The SMILES string of the molecule is C[C@@](I)(C(=O)O)[C@H]1OC(=O)N[C@@H]1COCc1ccccc1. The van der Waals surface area contributed by atoms with Crippen molar-refractivity contribution in [1.29, 1.82) is 0 Å². The molecule has 0 bridgehead atoms. The number of amides is 1. The zero-order valence-corrected chi connectivity index (χ0v) is 13.6. The van der Waals surface area contributed by atoms with Crippen LogP contribution < -0.4 is 5.32 Å². The predicted octanol–water partition coefficient (Wildman–Crippen LogP) is 1.96. The number of alkyl halides is 1. The van der Waals surface area contributed by atoms with Crippen molar-refractivity contribution in [3.8, 4) is 0 Å². The molecular weight excluding hydrogens is 389 g/mol. The van der Waals surface area contributed by atoms with Gasteiger partial charge in [-0.05, 0) is 12.5 Å². The molecule has 1 aromatic carbocycles. The fraction of sp³-hybridized carbons (Fsp3) is 0.429. The van der Waals surface area contributed by atoms with Crippen molar-refractivity contribution in [1.82, 2.24) is 5.32 Å². The Hall–Kier alpha value is -1.35. The Balaban J connectivity index is 1.94. The summed E-state index contributed by atoms with van der Waals surface area (Å²) >= 11 is 1.78. The van der Waals surface area contributed by atoms with Crippen LogP contribution in [-0.2, 0) is 20.9 Å². The third-order valence-electron chi connectivity index (χ3n) is 3.26. The molecule has 114 valence electrons. The molecule has 1 fully saturated rings. The molecule has 21 heavy (non-hydrogen) atoms. The third kappa shape index (κ3) is 3.85. The highest BCUT2D eigenvalue weighted by Gasteiger charge is 2.50. The van der Waals surface area contributed by atoms with Gasteiger partial charge in [-0.3, -0.25) is 4.79 Å². The Bertz CT molecular complexity index is 519. The van der Waals surface area contributed by atoms with Crippen LogP contribution in [-0.4, -0.2) is 39.3 Å². The van der Waals surface area contributed by atoms with Gasteiger partial charge in [0.15, 0.2) is 9.53 Å². The summed E-state index contributed by atoms with van der Waals surface area (Å²) in [5, 5.41) is 11.8. The average molecular weight is 405 g/mol. The summed E-state index contributed by atoms with van der Waals surface area (Å²) in [5.74, 6) is -1.03. The van der Waals surface area contributed by atoms with Crippen LogP contribution in [0.3, 0.4) is 0 Å². The summed E-state index contributed by atoms with van der Waals surface area (Å²) in [6, 6.07) is 9.11. The lowest BCUT2D eigenvalue weighted by atomic mass is 9.99. The van der Waals surface area contributed by atoms with Crippen molar-refractivity contribution in [2.24, 2.45) is 0 Å². The molecule has 0 saturated carbocycles. The number of aliphatic carboxylic acids is 1. The number of cyclic esters (lactones) is 1. The molecule has 0 aromatic heterocycles. The van der Waals surface area contributed by atoms with E-state index in [2.05, 4.69) is 5.32 Å². The zero-order valence-electron chi connectivity index (χ0n) is 11.4. The van der Waals surface area contributed by atoms with Gasteiger partial charge in [0.1, 0.15) is 0 Å². The fourth-order valence-corrected chi connectivity index (χ4v) is 2.64. The van der Waals surface area contributed by atoms with E-state index >= 15 is 0 Å². The number of carbonyl (C=O) groups is 2. The van der Waals surface area contributed by atoms with E-state index in [1.54, 1.807) is 22.6 Å². The van der Waals surface area contributed by atoms with E-state index < -0.39 is 27.6 Å². The molecule has 0 radical (unpaired) electrons. The fourth-order valence-electron chi connectivity index (χ4n) is 2.08. The number of rotatable bonds is 6. The molecule has 1 saturated heterocycles. The second kappa shape index (κ2) is 6.61. The van der Waals surface area contributed by atoms with Gasteiger partial charge in [-0.1, -0.05) is 52.9 Å². The summed E-state index contributed by atoms with van der Waals surface area (Å²) in [4.78, 5) is 22.7. The van der Waals surface area contributed by atoms with Gasteiger partial charge in [0.05, 0.1) is 19.3 Å². The molecule has 7 heteroatoms. The smallest absolute Gasteiger partial charge is 0.407 e.